The number of fused-ring (bicyclic) bond motifs is 1. The van der Waals surface area contributed by atoms with Crippen LogP contribution in [0.3, 0.4) is 0 Å². The van der Waals surface area contributed by atoms with Crippen LogP contribution in [0.2, 0.25) is 0 Å². The average Bonchev–Trinajstić information content (AvgIpc) is 3.40. The van der Waals surface area contributed by atoms with Crippen molar-refractivity contribution >= 4 is 44.5 Å². The number of aromatic nitrogens is 2. The summed E-state index contributed by atoms with van der Waals surface area (Å²) in [6, 6.07) is 3.64. The number of piperidine rings is 1. The molecule has 0 unspecified atom stereocenters. The molecule has 1 fully saturated rings. The molecule has 8 nitrogen and oxygen atoms in total. The molecule has 0 atom stereocenters. The Balaban J connectivity index is 1.73. The minimum absolute atomic E-state index is 0.104. The molecule has 1 aliphatic heterocycles. The number of rotatable bonds is 6. The second-order valence-corrected chi connectivity index (χ2v) is 10.5. The monoisotopic (exact) mass is 446 g/mol. The molecule has 0 radical (unpaired) electrons. The molecule has 1 aromatic carbocycles. The van der Waals surface area contributed by atoms with Crippen LogP contribution in [0.1, 0.15) is 51.4 Å². The molecule has 1 aliphatic rings. The Morgan fingerprint density at radius 1 is 1.37 bits per heavy atom. The Hall–Kier alpha value is -2.56. The summed E-state index contributed by atoms with van der Waals surface area (Å²) in [7, 11) is -3.19. The highest BCUT2D eigenvalue weighted by Gasteiger charge is 2.29. The highest BCUT2D eigenvalue weighted by Crippen LogP contribution is 2.37. The Morgan fingerprint density at radius 2 is 2.10 bits per heavy atom. The fourth-order valence-electron chi connectivity index (χ4n) is 4.03. The second-order valence-electron chi connectivity index (χ2n) is 7.32. The SMILES string of the molecule is CCS(=O)(=O)N1CCC(c2c[nH]c3c(C(N)=O)cc(-c4csc(C=O)n4)cc23)CC1. The van der Waals surface area contributed by atoms with Crippen LogP contribution in [0.15, 0.2) is 23.7 Å². The average molecular weight is 447 g/mol. The number of primary amides is 1. The third-order valence-electron chi connectivity index (χ3n) is 5.66. The molecule has 158 valence electrons. The standard InChI is InChI=1S/C20H22N4O4S2/c1-2-30(27,28)24-5-3-12(4-6-24)16-9-22-19-14(16)7-13(8-15(19)20(21)26)17-11-29-18(10-25)23-17/h7-12,22H,2-6H2,1H3,(H2,21,26). The number of aromatic amines is 1. The lowest BCUT2D eigenvalue weighted by atomic mass is 9.89. The zero-order chi connectivity index (χ0) is 21.5. The van der Waals surface area contributed by atoms with Crippen LogP contribution >= 0.6 is 11.3 Å². The number of nitrogens with zero attached hydrogens (tertiary/aromatic N) is 2. The lowest BCUT2D eigenvalue weighted by molar-refractivity contribution is 0.100. The van der Waals surface area contributed by atoms with Gasteiger partial charge in [-0.15, -0.1) is 11.3 Å². The highest BCUT2D eigenvalue weighted by atomic mass is 32.2. The third-order valence-corrected chi connectivity index (χ3v) is 8.31. The van der Waals surface area contributed by atoms with Crippen LogP contribution in [-0.2, 0) is 10.0 Å². The molecule has 1 amide bonds. The number of nitrogens with two attached hydrogens (primary N) is 1. The van der Waals surface area contributed by atoms with E-state index < -0.39 is 15.9 Å². The van der Waals surface area contributed by atoms with Crippen LogP contribution in [0.5, 0.6) is 0 Å². The van der Waals surface area contributed by atoms with Gasteiger partial charge in [-0.2, -0.15) is 0 Å². The Morgan fingerprint density at radius 3 is 2.70 bits per heavy atom. The zero-order valence-electron chi connectivity index (χ0n) is 16.4. The number of nitrogens with one attached hydrogen (secondary N) is 1. The van der Waals surface area contributed by atoms with E-state index >= 15 is 0 Å². The fraction of sp³-hybridized carbons (Fsp3) is 0.350. The number of sulfonamides is 1. The number of hydrogen-bond acceptors (Lipinski definition) is 6. The first kappa shape index (κ1) is 20.7. The van der Waals surface area contributed by atoms with E-state index in [1.807, 2.05) is 12.3 Å². The number of thiazole rings is 1. The maximum atomic E-state index is 12.1. The van der Waals surface area contributed by atoms with Crippen molar-refractivity contribution < 1.29 is 18.0 Å². The number of carbonyl (C=O) groups excluding carboxylic acids is 2. The molecule has 30 heavy (non-hydrogen) atoms. The van der Waals surface area contributed by atoms with Gasteiger partial charge in [-0.05, 0) is 43.4 Å². The molecule has 1 saturated heterocycles. The van der Waals surface area contributed by atoms with Gasteiger partial charge in [-0.1, -0.05) is 0 Å². The van der Waals surface area contributed by atoms with Crippen molar-refractivity contribution in [3.05, 3.63) is 39.8 Å². The lowest BCUT2D eigenvalue weighted by Crippen LogP contribution is -2.38. The Bertz CT molecular complexity index is 1220. The van der Waals surface area contributed by atoms with E-state index in [9.17, 15) is 18.0 Å². The van der Waals surface area contributed by atoms with Gasteiger partial charge < -0.3 is 10.7 Å². The zero-order valence-corrected chi connectivity index (χ0v) is 18.1. The summed E-state index contributed by atoms with van der Waals surface area (Å²) >= 11 is 1.24. The summed E-state index contributed by atoms with van der Waals surface area (Å²) in [5.74, 6) is -0.282. The van der Waals surface area contributed by atoms with Gasteiger partial charge in [0, 0.05) is 35.6 Å². The van der Waals surface area contributed by atoms with Gasteiger partial charge in [0.25, 0.3) is 5.91 Å². The van der Waals surface area contributed by atoms with Crippen LogP contribution in [-0.4, -0.2) is 53.7 Å². The van der Waals surface area contributed by atoms with Gasteiger partial charge in [0.05, 0.1) is 22.5 Å². The molecule has 10 heteroatoms. The fourth-order valence-corrected chi connectivity index (χ4v) is 5.79. The van der Waals surface area contributed by atoms with Crippen LogP contribution in [0.4, 0.5) is 0 Å². The predicted molar refractivity (Wildman–Crippen MR) is 116 cm³/mol. The molecule has 3 aromatic rings. The number of hydrogen-bond donors (Lipinski definition) is 2. The maximum Gasteiger partial charge on any atom is 0.250 e. The largest absolute Gasteiger partial charge is 0.366 e. The van der Waals surface area contributed by atoms with E-state index in [0.29, 0.717) is 59.6 Å². The normalized spacial score (nSPS) is 16.2. The number of aldehydes is 1. The quantitative estimate of drug-likeness (QED) is 0.563. The van der Waals surface area contributed by atoms with E-state index in [2.05, 4.69) is 9.97 Å². The van der Waals surface area contributed by atoms with E-state index in [1.165, 1.54) is 11.3 Å². The Kier molecular flexibility index (Phi) is 5.48. The maximum absolute atomic E-state index is 12.1. The first-order valence-corrected chi connectivity index (χ1v) is 12.2. The summed E-state index contributed by atoms with van der Waals surface area (Å²) in [6.07, 6.45) is 3.98. The molecule has 3 N–H and O–H groups in total. The van der Waals surface area contributed by atoms with Gasteiger partial charge in [-0.3, -0.25) is 9.59 Å². The van der Waals surface area contributed by atoms with Crippen molar-refractivity contribution in [3.8, 4) is 11.3 Å². The minimum Gasteiger partial charge on any atom is -0.366 e. The topological polar surface area (TPSA) is 126 Å². The molecule has 3 heterocycles. The summed E-state index contributed by atoms with van der Waals surface area (Å²) in [5, 5.41) is 3.01. The van der Waals surface area contributed by atoms with Crippen molar-refractivity contribution in [1.29, 1.82) is 0 Å². The number of H-pyrrole nitrogens is 1. The van der Waals surface area contributed by atoms with Crippen LogP contribution < -0.4 is 5.73 Å². The molecule has 2 aromatic heterocycles. The molecule has 4 rings (SSSR count). The van der Waals surface area contributed by atoms with Crippen molar-refractivity contribution in [2.75, 3.05) is 18.8 Å². The van der Waals surface area contributed by atoms with Crippen molar-refractivity contribution in [2.45, 2.75) is 25.7 Å². The molecule has 0 bridgehead atoms. The molecular weight excluding hydrogens is 424 g/mol. The molecule has 0 aliphatic carbocycles. The van der Waals surface area contributed by atoms with Crippen molar-refractivity contribution in [2.24, 2.45) is 5.73 Å². The molecule has 0 spiro atoms. The second kappa shape index (κ2) is 7.93. The lowest BCUT2D eigenvalue weighted by Gasteiger charge is -2.31. The first-order valence-electron chi connectivity index (χ1n) is 9.67. The van der Waals surface area contributed by atoms with E-state index in [-0.39, 0.29) is 11.7 Å². The van der Waals surface area contributed by atoms with Gasteiger partial charge in [0.2, 0.25) is 10.0 Å². The van der Waals surface area contributed by atoms with Gasteiger partial charge in [0.1, 0.15) is 0 Å². The van der Waals surface area contributed by atoms with Gasteiger partial charge in [0.15, 0.2) is 11.3 Å². The summed E-state index contributed by atoms with van der Waals surface area (Å²) in [4.78, 5) is 30.6. The van der Waals surface area contributed by atoms with Crippen LogP contribution in [0.25, 0.3) is 22.2 Å². The minimum atomic E-state index is -3.19. The van der Waals surface area contributed by atoms with Gasteiger partial charge >= 0.3 is 0 Å². The van der Waals surface area contributed by atoms with Crippen molar-refractivity contribution in [1.82, 2.24) is 14.3 Å². The number of benzene rings is 1. The molecular formula is C20H22N4O4S2. The highest BCUT2D eigenvalue weighted by molar-refractivity contribution is 7.89. The number of carbonyl (C=O) groups is 2. The number of amides is 1. The van der Waals surface area contributed by atoms with Crippen molar-refractivity contribution in [3.63, 3.8) is 0 Å². The van der Waals surface area contributed by atoms with E-state index in [0.717, 1.165) is 10.9 Å². The van der Waals surface area contributed by atoms with Gasteiger partial charge in [-0.25, -0.2) is 17.7 Å². The predicted octanol–water partition coefficient (Wildman–Crippen LogP) is 2.73. The first-order chi connectivity index (χ1) is 14.3. The third kappa shape index (κ3) is 3.66. The Labute approximate surface area is 178 Å². The van der Waals surface area contributed by atoms with E-state index in [1.54, 1.807) is 22.7 Å². The van der Waals surface area contributed by atoms with Crippen LogP contribution in [0, 0.1) is 0 Å². The van der Waals surface area contributed by atoms with E-state index in [4.69, 9.17) is 5.73 Å². The summed E-state index contributed by atoms with van der Waals surface area (Å²) in [5.41, 5.74) is 9.01. The summed E-state index contributed by atoms with van der Waals surface area (Å²) in [6.45, 7) is 2.61. The smallest absolute Gasteiger partial charge is 0.250 e. The molecule has 0 saturated carbocycles. The summed E-state index contributed by atoms with van der Waals surface area (Å²) < 4.78 is 25.8.